The van der Waals surface area contributed by atoms with Crippen molar-refractivity contribution in [1.29, 1.82) is 0 Å². The molecular formula is C19H25ClN6O5. The van der Waals surface area contributed by atoms with E-state index in [1.165, 1.54) is 0 Å². The van der Waals surface area contributed by atoms with Gasteiger partial charge in [0.2, 0.25) is 5.91 Å². The van der Waals surface area contributed by atoms with Crippen LogP contribution in [0.5, 0.6) is 0 Å². The second-order valence-electron chi connectivity index (χ2n) is 7.30. The monoisotopic (exact) mass is 452 g/mol. The summed E-state index contributed by atoms with van der Waals surface area (Å²) in [5, 5.41) is 7.96. The number of anilines is 1. The van der Waals surface area contributed by atoms with E-state index in [9.17, 15) is 19.2 Å². The molecule has 31 heavy (non-hydrogen) atoms. The minimum absolute atomic E-state index is 0. The molecule has 2 aromatic rings. The van der Waals surface area contributed by atoms with Crippen molar-refractivity contribution in [3.8, 4) is 0 Å². The lowest BCUT2D eigenvalue weighted by Gasteiger charge is -2.30. The number of fused-ring (bicyclic) bond motifs is 1. The van der Waals surface area contributed by atoms with Crippen LogP contribution in [0, 0.1) is 5.92 Å². The summed E-state index contributed by atoms with van der Waals surface area (Å²) in [7, 11) is 0. The number of nitrogens with two attached hydrogens (primary N) is 2. The van der Waals surface area contributed by atoms with Crippen LogP contribution >= 0.6 is 12.4 Å². The summed E-state index contributed by atoms with van der Waals surface area (Å²) in [6, 6.07) is 2.85. The minimum atomic E-state index is -1.06. The van der Waals surface area contributed by atoms with Gasteiger partial charge in [0.05, 0.1) is 5.39 Å². The molecular weight excluding hydrogens is 428 g/mol. The first-order chi connectivity index (χ1) is 14.3. The standard InChI is InChI=1S/C19H24N6O5.ClH/c1-3-10(2)16(21)19(29)30-9-24-14(26)8-7-13(17(24)27)25-18(28)15-11(20)5-4-6-12(15)22-23-25;/h4-6,10,13,16H,3,7-9,20-21H2,1-2H3;1H. The molecule has 1 saturated heterocycles. The minimum Gasteiger partial charge on any atom is -0.443 e. The highest BCUT2D eigenvalue weighted by Gasteiger charge is 2.38. The van der Waals surface area contributed by atoms with Crippen molar-refractivity contribution < 1.29 is 19.1 Å². The molecule has 168 valence electrons. The zero-order valence-corrected chi connectivity index (χ0v) is 18.0. The van der Waals surface area contributed by atoms with Crippen molar-refractivity contribution in [3.05, 3.63) is 28.6 Å². The molecule has 3 rings (SSSR count). The van der Waals surface area contributed by atoms with E-state index in [1.807, 2.05) is 6.92 Å². The molecule has 2 amide bonds. The summed E-state index contributed by atoms with van der Waals surface area (Å²) in [6.45, 7) is 3.11. The first kappa shape index (κ1) is 24.2. The Morgan fingerprint density at radius 2 is 2.03 bits per heavy atom. The number of likely N-dealkylation sites (tertiary alicyclic amines) is 1. The van der Waals surface area contributed by atoms with Crippen LogP contribution in [-0.4, -0.2) is 50.5 Å². The lowest BCUT2D eigenvalue weighted by atomic mass is 10.0. The van der Waals surface area contributed by atoms with Gasteiger partial charge < -0.3 is 16.2 Å². The molecule has 12 heteroatoms. The van der Waals surface area contributed by atoms with E-state index in [0.29, 0.717) is 11.9 Å². The predicted octanol–water partition coefficient (Wildman–Crippen LogP) is 0.360. The molecule has 4 N–H and O–H groups in total. The Balaban J connectivity index is 0.00000341. The van der Waals surface area contributed by atoms with Gasteiger partial charge in [0, 0.05) is 12.1 Å². The van der Waals surface area contributed by atoms with Crippen molar-refractivity contribution in [2.75, 3.05) is 12.5 Å². The lowest BCUT2D eigenvalue weighted by molar-refractivity contribution is -0.164. The second-order valence-corrected chi connectivity index (χ2v) is 7.30. The fraction of sp³-hybridized carbons (Fsp3) is 0.474. The van der Waals surface area contributed by atoms with E-state index < -0.39 is 42.2 Å². The van der Waals surface area contributed by atoms with Gasteiger partial charge in [-0.2, -0.15) is 4.68 Å². The Bertz CT molecular complexity index is 1060. The van der Waals surface area contributed by atoms with E-state index >= 15 is 0 Å². The predicted molar refractivity (Wildman–Crippen MR) is 114 cm³/mol. The van der Waals surface area contributed by atoms with Gasteiger partial charge in [0.1, 0.15) is 17.6 Å². The van der Waals surface area contributed by atoms with Crippen LogP contribution in [0.25, 0.3) is 10.9 Å². The number of nitrogens with zero attached hydrogens (tertiary/aromatic N) is 4. The molecule has 0 spiro atoms. The average molecular weight is 453 g/mol. The number of esters is 1. The number of nitrogen functional groups attached to an aromatic ring is 1. The molecule has 1 fully saturated rings. The van der Waals surface area contributed by atoms with Crippen molar-refractivity contribution in [2.24, 2.45) is 11.7 Å². The van der Waals surface area contributed by atoms with Gasteiger partial charge in [-0.05, 0) is 24.5 Å². The molecule has 2 heterocycles. The van der Waals surface area contributed by atoms with Crippen molar-refractivity contribution in [3.63, 3.8) is 0 Å². The van der Waals surface area contributed by atoms with E-state index in [-0.39, 0.29) is 42.2 Å². The Kier molecular flexibility index (Phi) is 7.69. The van der Waals surface area contributed by atoms with Crippen LogP contribution in [0.3, 0.4) is 0 Å². The van der Waals surface area contributed by atoms with Crippen molar-refractivity contribution in [1.82, 2.24) is 19.9 Å². The van der Waals surface area contributed by atoms with Gasteiger partial charge >= 0.3 is 5.97 Å². The van der Waals surface area contributed by atoms with Crippen LogP contribution in [0.1, 0.15) is 39.2 Å². The van der Waals surface area contributed by atoms with E-state index in [2.05, 4.69) is 10.3 Å². The third-order valence-corrected chi connectivity index (χ3v) is 5.39. The number of hydrogen-bond acceptors (Lipinski definition) is 9. The normalized spacial score (nSPS) is 18.4. The number of aromatic nitrogens is 3. The zero-order valence-electron chi connectivity index (χ0n) is 17.2. The molecule has 3 unspecified atom stereocenters. The maximum absolute atomic E-state index is 12.9. The van der Waals surface area contributed by atoms with Gasteiger partial charge in [-0.15, -0.1) is 17.5 Å². The maximum Gasteiger partial charge on any atom is 0.324 e. The van der Waals surface area contributed by atoms with E-state index in [4.69, 9.17) is 16.2 Å². The Morgan fingerprint density at radius 3 is 2.71 bits per heavy atom. The molecule has 1 aliphatic rings. The largest absolute Gasteiger partial charge is 0.443 e. The number of piperidine rings is 1. The molecule has 3 atom stereocenters. The zero-order chi connectivity index (χ0) is 22.0. The quantitative estimate of drug-likeness (QED) is 0.357. The Morgan fingerprint density at radius 1 is 1.32 bits per heavy atom. The molecule has 1 aromatic carbocycles. The van der Waals surface area contributed by atoms with Crippen LogP contribution in [0.4, 0.5) is 5.69 Å². The maximum atomic E-state index is 12.9. The summed E-state index contributed by atoms with van der Waals surface area (Å²) >= 11 is 0. The van der Waals surface area contributed by atoms with Gasteiger partial charge in [-0.25, -0.2) is 4.90 Å². The molecule has 0 aliphatic carbocycles. The Hall–Kier alpha value is -3.05. The van der Waals surface area contributed by atoms with Gasteiger partial charge in [0.15, 0.2) is 6.73 Å². The number of carbonyl (C=O) groups excluding carboxylic acids is 3. The second kappa shape index (κ2) is 9.84. The molecule has 1 aliphatic heterocycles. The highest BCUT2D eigenvalue weighted by atomic mass is 35.5. The molecule has 1 aromatic heterocycles. The number of carbonyl (C=O) groups is 3. The summed E-state index contributed by atoms with van der Waals surface area (Å²) in [4.78, 5) is 50.9. The average Bonchev–Trinajstić information content (AvgIpc) is 2.73. The lowest BCUT2D eigenvalue weighted by Crippen LogP contribution is -2.50. The number of rotatable bonds is 6. The highest BCUT2D eigenvalue weighted by molar-refractivity contribution is 5.99. The molecule has 0 bridgehead atoms. The fourth-order valence-corrected chi connectivity index (χ4v) is 3.22. The van der Waals surface area contributed by atoms with Crippen LogP contribution in [-0.2, 0) is 19.1 Å². The number of hydrogen-bond donors (Lipinski definition) is 2. The number of imide groups is 1. The van der Waals surface area contributed by atoms with Crippen LogP contribution < -0.4 is 17.0 Å². The van der Waals surface area contributed by atoms with Crippen LogP contribution in [0.15, 0.2) is 23.0 Å². The topological polar surface area (TPSA) is 164 Å². The molecule has 0 radical (unpaired) electrons. The summed E-state index contributed by atoms with van der Waals surface area (Å²) in [6.07, 6.45) is 0.718. The first-order valence-electron chi connectivity index (χ1n) is 9.66. The third-order valence-electron chi connectivity index (χ3n) is 5.39. The third kappa shape index (κ3) is 4.67. The number of amides is 2. The SMILES string of the molecule is CCC(C)C(N)C(=O)OCN1C(=O)CCC(n2nnc3cccc(N)c3c2=O)C1=O.Cl. The summed E-state index contributed by atoms with van der Waals surface area (Å²) < 4.78 is 6.01. The van der Waals surface area contributed by atoms with Gasteiger partial charge in [-0.1, -0.05) is 31.5 Å². The van der Waals surface area contributed by atoms with Gasteiger partial charge in [0.25, 0.3) is 11.5 Å². The smallest absolute Gasteiger partial charge is 0.324 e. The van der Waals surface area contributed by atoms with Crippen LogP contribution in [0.2, 0.25) is 0 Å². The van der Waals surface area contributed by atoms with E-state index in [0.717, 1.165) is 9.58 Å². The van der Waals surface area contributed by atoms with Crippen molar-refractivity contribution >= 4 is 46.8 Å². The number of ether oxygens (including phenoxy) is 1. The number of benzene rings is 1. The molecule has 0 saturated carbocycles. The van der Waals surface area contributed by atoms with Crippen molar-refractivity contribution in [2.45, 2.75) is 45.2 Å². The number of halogens is 1. The fourth-order valence-electron chi connectivity index (χ4n) is 3.22. The molecule has 11 nitrogen and oxygen atoms in total. The van der Waals surface area contributed by atoms with Gasteiger partial charge in [-0.3, -0.25) is 19.2 Å². The Labute approximate surface area is 184 Å². The summed E-state index contributed by atoms with van der Waals surface area (Å²) in [5.41, 5.74) is 11.6. The van der Waals surface area contributed by atoms with E-state index in [1.54, 1.807) is 25.1 Å². The highest BCUT2D eigenvalue weighted by Crippen LogP contribution is 2.23. The summed E-state index contributed by atoms with van der Waals surface area (Å²) in [5.74, 6) is -2.04. The first-order valence-corrected chi connectivity index (χ1v) is 9.66.